The molecule has 0 aliphatic rings. The van der Waals surface area contributed by atoms with E-state index in [9.17, 15) is 14.4 Å². The number of hydrogen-bond donors (Lipinski definition) is 2. The van der Waals surface area contributed by atoms with Gasteiger partial charge >= 0.3 is 5.97 Å². The molecular weight excluding hydrogens is 368 g/mol. The predicted molar refractivity (Wildman–Crippen MR) is 113 cm³/mol. The summed E-state index contributed by atoms with van der Waals surface area (Å²) in [5.74, 6) is -1.65. The summed E-state index contributed by atoms with van der Waals surface area (Å²) in [6, 6.07) is 13.0. The van der Waals surface area contributed by atoms with E-state index in [1.807, 2.05) is 51.1 Å². The van der Waals surface area contributed by atoms with Crippen LogP contribution in [0.1, 0.15) is 36.1 Å². The van der Waals surface area contributed by atoms with E-state index in [0.29, 0.717) is 5.69 Å². The highest BCUT2D eigenvalue weighted by Crippen LogP contribution is 2.22. The molecule has 0 radical (unpaired) electrons. The molecule has 0 bridgehead atoms. The molecule has 6 heteroatoms. The lowest BCUT2D eigenvalue weighted by Crippen LogP contribution is -2.34. The van der Waals surface area contributed by atoms with Crippen molar-refractivity contribution < 1.29 is 19.1 Å². The van der Waals surface area contributed by atoms with Gasteiger partial charge in [-0.15, -0.1) is 0 Å². The molecule has 29 heavy (non-hydrogen) atoms. The zero-order valence-corrected chi connectivity index (χ0v) is 17.3. The predicted octanol–water partition coefficient (Wildman–Crippen LogP) is 3.66. The quantitative estimate of drug-likeness (QED) is 0.578. The number of nitrogens with one attached hydrogen (secondary N) is 2. The number of ether oxygens (including phenoxy) is 1. The van der Waals surface area contributed by atoms with Crippen LogP contribution >= 0.6 is 0 Å². The van der Waals surface area contributed by atoms with Gasteiger partial charge in [-0.3, -0.25) is 9.59 Å². The van der Waals surface area contributed by atoms with E-state index >= 15 is 0 Å². The van der Waals surface area contributed by atoms with Crippen LogP contribution in [0.15, 0.2) is 48.2 Å². The minimum Gasteiger partial charge on any atom is -0.448 e. The number of benzene rings is 2. The maximum absolute atomic E-state index is 12.5. The zero-order valence-electron chi connectivity index (χ0n) is 17.3. The monoisotopic (exact) mass is 394 g/mol. The van der Waals surface area contributed by atoms with Crippen LogP contribution in [0.25, 0.3) is 6.08 Å². The van der Waals surface area contributed by atoms with Gasteiger partial charge in [0.15, 0.2) is 6.10 Å². The molecule has 0 aliphatic heterocycles. The molecule has 0 fully saturated rings. The summed E-state index contributed by atoms with van der Waals surface area (Å²) in [5.41, 5.74) is 4.34. The van der Waals surface area contributed by atoms with Crippen molar-refractivity contribution in [1.29, 1.82) is 0 Å². The first-order valence-electron chi connectivity index (χ1n) is 9.31. The fourth-order valence-electron chi connectivity index (χ4n) is 2.93. The topological polar surface area (TPSA) is 84.5 Å². The normalized spacial score (nSPS) is 12.1. The van der Waals surface area contributed by atoms with Crippen LogP contribution in [-0.2, 0) is 19.1 Å². The molecule has 0 heterocycles. The fourth-order valence-corrected chi connectivity index (χ4v) is 2.93. The second kappa shape index (κ2) is 9.68. The van der Waals surface area contributed by atoms with Crippen LogP contribution < -0.4 is 10.6 Å². The Kier molecular flexibility index (Phi) is 7.31. The van der Waals surface area contributed by atoms with E-state index in [2.05, 4.69) is 10.6 Å². The zero-order chi connectivity index (χ0) is 21.6. The summed E-state index contributed by atoms with van der Waals surface area (Å²) in [7, 11) is 0. The van der Waals surface area contributed by atoms with Gasteiger partial charge in [-0.1, -0.05) is 48.0 Å². The van der Waals surface area contributed by atoms with E-state index in [1.165, 1.54) is 19.9 Å². The van der Waals surface area contributed by atoms with E-state index in [1.54, 1.807) is 12.1 Å². The summed E-state index contributed by atoms with van der Waals surface area (Å²) < 4.78 is 5.29. The van der Waals surface area contributed by atoms with Crippen LogP contribution in [0.5, 0.6) is 0 Å². The largest absolute Gasteiger partial charge is 0.448 e. The Hall–Kier alpha value is -3.41. The average Bonchev–Trinajstić information content (AvgIpc) is 2.64. The van der Waals surface area contributed by atoms with Gasteiger partial charge in [-0.05, 0) is 50.5 Å². The molecular formula is C23H26N2O4. The van der Waals surface area contributed by atoms with Crippen LogP contribution in [0.4, 0.5) is 5.69 Å². The maximum Gasteiger partial charge on any atom is 0.355 e. The molecule has 0 aliphatic carbocycles. The Labute approximate surface area is 171 Å². The van der Waals surface area contributed by atoms with E-state index < -0.39 is 23.9 Å². The van der Waals surface area contributed by atoms with Crippen LogP contribution in [0, 0.1) is 20.8 Å². The van der Waals surface area contributed by atoms with Gasteiger partial charge in [0.2, 0.25) is 5.91 Å². The Balaban J connectivity index is 2.13. The lowest BCUT2D eigenvalue weighted by atomic mass is 10.0. The molecule has 152 valence electrons. The summed E-state index contributed by atoms with van der Waals surface area (Å²) in [5, 5.41) is 5.28. The second-order valence-corrected chi connectivity index (χ2v) is 6.96. The van der Waals surface area contributed by atoms with Crippen molar-refractivity contribution in [2.45, 2.75) is 40.7 Å². The molecule has 0 aromatic heterocycles. The molecule has 0 saturated carbocycles. The van der Waals surface area contributed by atoms with Crippen LogP contribution in [0.2, 0.25) is 0 Å². The summed E-state index contributed by atoms with van der Waals surface area (Å²) in [4.78, 5) is 36.6. The first-order valence-corrected chi connectivity index (χ1v) is 9.31. The summed E-state index contributed by atoms with van der Waals surface area (Å²) in [6.07, 6.45) is 0.457. The SMILES string of the molecule is CC(=O)N/C(=C\c1ccccc1)C(=O)O[C@H](C)C(=O)Nc1c(C)cc(C)cc1C. The number of carbonyl (C=O) groups is 3. The summed E-state index contributed by atoms with van der Waals surface area (Å²) in [6.45, 7) is 8.58. The molecule has 0 spiro atoms. The molecule has 2 aromatic carbocycles. The van der Waals surface area contributed by atoms with Crippen molar-refractivity contribution in [3.8, 4) is 0 Å². The molecule has 2 amide bonds. The van der Waals surface area contributed by atoms with Gasteiger partial charge in [0.1, 0.15) is 5.70 Å². The number of anilines is 1. The average molecular weight is 394 g/mol. The van der Waals surface area contributed by atoms with Crippen molar-refractivity contribution in [2.24, 2.45) is 0 Å². The van der Waals surface area contributed by atoms with Crippen molar-refractivity contribution >= 4 is 29.5 Å². The van der Waals surface area contributed by atoms with Gasteiger partial charge in [0, 0.05) is 12.6 Å². The number of esters is 1. The second-order valence-electron chi connectivity index (χ2n) is 6.96. The molecule has 6 nitrogen and oxygen atoms in total. The number of carbonyl (C=O) groups excluding carboxylic acids is 3. The van der Waals surface area contributed by atoms with Gasteiger partial charge in [-0.25, -0.2) is 4.79 Å². The third-order valence-corrected chi connectivity index (χ3v) is 4.22. The van der Waals surface area contributed by atoms with E-state index in [4.69, 9.17) is 4.74 Å². The first kappa shape index (κ1) is 21.9. The van der Waals surface area contributed by atoms with Crippen molar-refractivity contribution in [1.82, 2.24) is 5.32 Å². The van der Waals surface area contributed by atoms with Gasteiger partial charge < -0.3 is 15.4 Å². The third kappa shape index (κ3) is 6.31. The number of rotatable bonds is 6. The van der Waals surface area contributed by atoms with Gasteiger partial charge in [0.25, 0.3) is 5.91 Å². The Morgan fingerprint density at radius 2 is 1.59 bits per heavy atom. The first-order chi connectivity index (χ1) is 13.7. The molecule has 2 rings (SSSR count). The van der Waals surface area contributed by atoms with Crippen molar-refractivity contribution in [3.05, 3.63) is 70.4 Å². The van der Waals surface area contributed by atoms with Crippen molar-refractivity contribution in [2.75, 3.05) is 5.32 Å². The van der Waals surface area contributed by atoms with Crippen molar-refractivity contribution in [3.63, 3.8) is 0 Å². The molecule has 0 unspecified atom stereocenters. The fraction of sp³-hybridized carbons (Fsp3) is 0.261. The Morgan fingerprint density at radius 3 is 2.14 bits per heavy atom. The highest BCUT2D eigenvalue weighted by molar-refractivity contribution is 6.01. The molecule has 1 atom stereocenters. The van der Waals surface area contributed by atoms with E-state index in [0.717, 1.165) is 22.3 Å². The highest BCUT2D eigenvalue weighted by atomic mass is 16.5. The molecule has 2 N–H and O–H groups in total. The Bertz CT molecular complexity index is 926. The Morgan fingerprint density at radius 1 is 1.00 bits per heavy atom. The number of amides is 2. The molecule has 2 aromatic rings. The van der Waals surface area contributed by atoms with Crippen LogP contribution in [0.3, 0.4) is 0 Å². The standard InChI is InChI=1S/C23H26N2O4/c1-14-11-15(2)21(16(3)12-14)25-22(27)17(4)29-23(28)20(24-18(5)26)13-19-9-7-6-8-10-19/h6-13,17H,1-5H3,(H,24,26)(H,25,27)/b20-13-/t17-/m1/s1. The number of aryl methyl sites for hydroxylation is 3. The highest BCUT2D eigenvalue weighted by Gasteiger charge is 2.22. The third-order valence-electron chi connectivity index (χ3n) is 4.22. The van der Waals surface area contributed by atoms with E-state index in [-0.39, 0.29) is 5.70 Å². The minimum absolute atomic E-state index is 0.0361. The maximum atomic E-state index is 12.5. The number of hydrogen-bond acceptors (Lipinski definition) is 4. The molecule has 0 saturated heterocycles. The van der Waals surface area contributed by atoms with Gasteiger partial charge in [-0.2, -0.15) is 0 Å². The summed E-state index contributed by atoms with van der Waals surface area (Å²) >= 11 is 0. The lowest BCUT2D eigenvalue weighted by Gasteiger charge is -2.17. The van der Waals surface area contributed by atoms with Crippen LogP contribution in [-0.4, -0.2) is 23.9 Å². The lowest BCUT2D eigenvalue weighted by molar-refractivity contribution is -0.149. The minimum atomic E-state index is -1.05. The van der Waals surface area contributed by atoms with Gasteiger partial charge in [0.05, 0.1) is 0 Å². The smallest absolute Gasteiger partial charge is 0.355 e.